The molecular formula is C9H11ClF3N3O. The van der Waals surface area contributed by atoms with Gasteiger partial charge >= 0.3 is 6.18 Å². The van der Waals surface area contributed by atoms with Gasteiger partial charge in [0.25, 0.3) is 5.56 Å². The predicted octanol–water partition coefficient (Wildman–Crippen LogP) is 2.28. The highest BCUT2D eigenvalue weighted by atomic mass is 35.5. The van der Waals surface area contributed by atoms with Crippen molar-refractivity contribution in [2.75, 3.05) is 11.9 Å². The quantitative estimate of drug-likeness (QED) is 0.912. The maximum atomic E-state index is 11.9. The van der Waals surface area contributed by atoms with Crippen LogP contribution in [0.25, 0.3) is 0 Å². The monoisotopic (exact) mass is 269 g/mol. The Labute approximate surface area is 100 Å². The number of rotatable bonds is 4. The van der Waals surface area contributed by atoms with Crippen LogP contribution >= 0.6 is 11.6 Å². The number of hydrogen-bond acceptors (Lipinski definition) is 3. The van der Waals surface area contributed by atoms with E-state index < -0.39 is 18.2 Å². The number of aromatic nitrogens is 2. The Bertz CT molecular complexity index is 444. The number of halogens is 4. The summed E-state index contributed by atoms with van der Waals surface area (Å²) < 4.78 is 36.8. The highest BCUT2D eigenvalue weighted by Gasteiger charge is 2.26. The maximum absolute atomic E-state index is 11.9. The molecule has 0 unspecified atom stereocenters. The summed E-state index contributed by atoms with van der Waals surface area (Å²) in [7, 11) is 0. The van der Waals surface area contributed by atoms with Crippen molar-refractivity contribution in [1.82, 2.24) is 9.78 Å². The van der Waals surface area contributed by atoms with Crippen LogP contribution in [0.15, 0.2) is 11.0 Å². The molecule has 0 aliphatic rings. The van der Waals surface area contributed by atoms with E-state index in [2.05, 4.69) is 10.4 Å². The van der Waals surface area contributed by atoms with E-state index in [1.807, 2.05) is 0 Å². The van der Waals surface area contributed by atoms with E-state index in [-0.39, 0.29) is 17.3 Å². The van der Waals surface area contributed by atoms with Crippen LogP contribution in [0.4, 0.5) is 18.9 Å². The topological polar surface area (TPSA) is 46.9 Å². The molecular weight excluding hydrogens is 259 g/mol. The summed E-state index contributed by atoms with van der Waals surface area (Å²) >= 11 is 5.71. The van der Waals surface area contributed by atoms with Crippen molar-refractivity contribution in [2.45, 2.75) is 26.1 Å². The highest BCUT2D eigenvalue weighted by Crippen LogP contribution is 2.20. The molecule has 0 saturated heterocycles. The van der Waals surface area contributed by atoms with E-state index in [0.717, 1.165) is 4.68 Å². The molecule has 8 heteroatoms. The van der Waals surface area contributed by atoms with E-state index in [1.165, 1.54) is 6.20 Å². The fraction of sp³-hybridized carbons (Fsp3) is 0.556. The number of nitrogens with zero attached hydrogens (tertiary/aromatic N) is 2. The zero-order chi connectivity index (χ0) is 13.1. The molecule has 0 aromatic carbocycles. The van der Waals surface area contributed by atoms with Gasteiger partial charge in [-0.15, -0.1) is 0 Å². The zero-order valence-electron chi connectivity index (χ0n) is 9.01. The van der Waals surface area contributed by atoms with Crippen molar-refractivity contribution in [2.24, 2.45) is 0 Å². The molecule has 0 bridgehead atoms. The molecule has 1 heterocycles. The van der Waals surface area contributed by atoms with Crippen molar-refractivity contribution in [3.05, 3.63) is 21.6 Å². The average Bonchev–Trinajstić information content (AvgIpc) is 2.23. The lowest BCUT2D eigenvalue weighted by atomic mass is 10.4. The molecule has 1 aromatic rings. The summed E-state index contributed by atoms with van der Waals surface area (Å²) in [5.74, 6) is 0. The highest BCUT2D eigenvalue weighted by molar-refractivity contribution is 6.32. The van der Waals surface area contributed by atoms with E-state index in [4.69, 9.17) is 11.6 Å². The van der Waals surface area contributed by atoms with Gasteiger partial charge in [-0.1, -0.05) is 11.6 Å². The Morgan fingerprint density at radius 1 is 1.53 bits per heavy atom. The van der Waals surface area contributed by atoms with Gasteiger partial charge in [0.2, 0.25) is 0 Å². The largest absolute Gasteiger partial charge is 0.390 e. The van der Waals surface area contributed by atoms with Crippen LogP contribution in [-0.2, 0) is 6.54 Å². The van der Waals surface area contributed by atoms with Crippen molar-refractivity contribution < 1.29 is 13.2 Å². The van der Waals surface area contributed by atoms with Crippen LogP contribution in [0.1, 0.15) is 13.3 Å². The molecule has 0 aliphatic heterocycles. The Balaban J connectivity index is 2.74. The summed E-state index contributed by atoms with van der Waals surface area (Å²) in [6, 6.07) is 0. The molecule has 17 heavy (non-hydrogen) atoms. The third-order valence-corrected chi connectivity index (χ3v) is 2.37. The van der Waals surface area contributed by atoms with Crippen LogP contribution in [0.2, 0.25) is 5.02 Å². The second kappa shape index (κ2) is 5.39. The normalized spacial score (nSPS) is 11.6. The summed E-state index contributed by atoms with van der Waals surface area (Å²) in [4.78, 5) is 11.5. The van der Waals surface area contributed by atoms with Crippen molar-refractivity contribution in [1.29, 1.82) is 0 Å². The van der Waals surface area contributed by atoms with Gasteiger partial charge in [0.1, 0.15) is 5.02 Å². The molecule has 1 aromatic heterocycles. The average molecular weight is 270 g/mol. The number of aryl methyl sites for hydroxylation is 1. The second-order valence-electron chi connectivity index (χ2n) is 3.29. The molecule has 0 radical (unpaired) electrons. The number of nitrogens with one attached hydrogen (secondary N) is 1. The van der Waals surface area contributed by atoms with Gasteiger partial charge < -0.3 is 5.32 Å². The Hall–Kier alpha value is -1.24. The number of alkyl halides is 3. The minimum absolute atomic E-state index is 0.116. The standard InChI is InChI=1S/C9H11ClF3N3O/c1-2-16-8(17)7(10)6(5-15-16)14-4-3-9(11,12)13/h5,14H,2-4H2,1H3. The summed E-state index contributed by atoms with van der Waals surface area (Å²) in [5, 5.41) is 6.03. The zero-order valence-corrected chi connectivity index (χ0v) is 9.77. The first-order valence-corrected chi connectivity index (χ1v) is 5.29. The van der Waals surface area contributed by atoms with Gasteiger partial charge in [0, 0.05) is 13.1 Å². The first-order valence-electron chi connectivity index (χ1n) is 4.91. The Kier molecular flexibility index (Phi) is 4.39. The van der Waals surface area contributed by atoms with Crippen LogP contribution in [0.5, 0.6) is 0 Å². The summed E-state index contributed by atoms with van der Waals surface area (Å²) in [5.41, 5.74) is -0.406. The first-order chi connectivity index (χ1) is 7.85. The molecule has 0 aliphatic carbocycles. The van der Waals surface area contributed by atoms with Gasteiger partial charge in [-0.05, 0) is 6.92 Å². The molecule has 1 rings (SSSR count). The lowest BCUT2D eigenvalue weighted by molar-refractivity contribution is -0.131. The van der Waals surface area contributed by atoms with Gasteiger partial charge in [-0.2, -0.15) is 18.3 Å². The number of hydrogen-bond donors (Lipinski definition) is 1. The van der Waals surface area contributed by atoms with Gasteiger partial charge in [0.15, 0.2) is 0 Å². The molecule has 0 amide bonds. The lowest BCUT2D eigenvalue weighted by Gasteiger charge is -2.10. The van der Waals surface area contributed by atoms with Crippen LogP contribution in [-0.4, -0.2) is 22.5 Å². The molecule has 4 nitrogen and oxygen atoms in total. The van der Waals surface area contributed by atoms with Crippen molar-refractivity contribution >= 4 is 17.3 Å². The van der Waals surface area contributed by atoms with E-state index in [1.54, 1.807) is 6.92 Å². The van der Waals surface area contributed by atoms with Crippen LogP contribution in [0, 0.1) is 0 Å². The maximum Gasteiger partial charge on any atom is 0.390 e. The van der Waals surface area contributed by atoms with E-state index in [0.29, 0.717) is 6.54 Å². The third kappa shape index (κ3) is 3.92. The minimum Gasteiger partial charge on any atom is -0.382 e. The Morgan fingerprint density at radius 2 is 2.18 bits per heavy atom. The predicted molar refractivity (Wildman–Crippen MR) is 58.3 cm³/mol. The first kappa shape index (κ1) is 13.8. The van der Waals surface area contributed by atoms with Gasteiger partial charge in [-0.25, -0.2) is 4.68 Å². The van der Waals surface area contributed by atoms with Gasteiger partial charge in [0.05, 0.1) is 18.3 Å². The minimum atomic E-state index is -4.24. The summed E-state index contributed by atoms with van der Waals surface area (Å²) in [6.07, 6.45) is -4.00. The molecule has 0 saturated carbocycles. The fourth-order valence-corrected chi connectivity index (χ4v) is 1.37. The van der Waals surface area contributed by atoms with Crippen LogP contribution in [0.3, 0.4) is 0 Å². The molecule has 96 valence electrons. The van der Waals surface area contributed by atoms with Crippen molar-refractivity contribution in [3.8, 4) is 0 Å². The molecule has 0 spiro atoms. The summed E-state index contributed by atoms with van der Waals surface area (Å²) in [6.45, 7) is 1.71. The van der Waals surface area contributed by atoms with Crippen LogP contribution < -0.4 is 10.9 Å². The SMILES string of the molecule is CCn1ncc(NCCC(F)(F)F)c(Cl)c1=O. The lowest BCUT2D eigenvalue weighted by Crippen LogP contribution is -2.24. The van der Waals surface area contributed by atoms with E-state index in [9.17, 15) is 18.0 Å². The molecule has 0 fully saturated rings. The smallest absolute Gasteiger partial charge is 0.382 e. The van der Waals surface area contributed by atoms with Gasteiger partial charge in [-0.3, -0.25) is 4.79 Å². The Morgan fingerprint density at radius 3 is 2.71 bits per heavy atom. The second-order valence-corrected chi connectivity index (χ2v) is 3.66. The van der Waals surface area contributed by atoms with Crippen molar-refractivity contribution in [3.63, 3.8) is 0 Å². The van der Waals surface area contributed by atoms with E-state index >= 15 is 0 Å². The molecule has 0 atom stereocenters. The fourth-order valence-electron chi connectivity index (χ4n) is 1.15. The number of anilines is 1. The molecule has 1 N–H and O–H groups in total. The third-order valence-electron chi connectivity index (χ3n) is 2.01.